The highest BCUT2D eigenvalue weighted by molar-refractivity contribution is 6.05. The van der Waals surface area contributed by atoms with Crippen molar-refractivity contribution in [2.45, 2.75) is 13.5 Å². The number of anilines is 2. The minimum absolute atomic E-state index is 0.279. The number of nitrogens with one attached hydrogen (secondary N) is 2. The first-order valence-electron chi connectivity index (χ1n) is 8.87. The Morgan fingerprint density at radius 1 is 1.04 bits per heavy atom. The molecule has 1 heterocycles. The predicted octanol–water partition coefficient (Wildman–Crippen LogP) is 4.27. The Labute approximate surface area is 164 Å². The molecule has 0 aliphatic rings. The summed E-state index contributed by atoms with van der Waals surface area (Å²) in [5.41, 5.74) is 4.12. The lowest BCUT2D eigenvalue weighted by Crippen LogP contribution is -2.13. The number of hydrogen-bond donors (Lipinski definition) is 2. The fourth-order valence-corrected chi connectivity index (χ4v) is 2.79. The normalized spacial score (nSPS) is 10.2. The second-order valence-corrected chi connectivity index (χ2v) is 6.33. The van der Waals surface area contributed by atoms with Gasteiger partial charge in [0, 0.05) is 25.0 Å². The first-order valence-corrected chi connectivity index (χ1v) is 8.87. The monoisotopic (exact) mass is 377 g/mol. The molecule has 1 amide bonds. The zero-order valence-electron chi connectivity index (χ0n) is 16.2. The molecule has 0 atom stereocenters. The first kappa shape index (κ1) is 19.2. The van der Waals surface area contributed by atoms with E-state index in [1.54, 1.807) is 44.7 Å². The predicted molar refractivity (Wildman–Crippen MR) is 110 cm³/mol. The van der Waals surface area contributed by atoms with Gasteiger partial charge in [-0.3, -0.25) is 9.78 Å². The molecule has 2 aromatic carbocycles. The molecule has 3 rings (SSSR count). The zero-order chi connectivity index (χ0) is 19.9. The molecule has 0 saturated heterocycles. The van der Waals surface area contributed by atoms with E-state index in [0.29, 0.717) is 29.3 Å². The van der Waals surface area contributed by atoms with E-state index in [4.69, 9.17) is 9.47 Å². The van der Waals surface area contributed by atoms with Crippen molar-refractivity contribution in [3.63, 3.8) is 0 Å². The number of rotatable bonds is 7. The van der Waals surface area contributed by atoms with Gasteiger partial charge in [0.25, 0.3) is 5.91 Å². The third-order valence-electron chi connectivity index (χ3n) is 4.23. The molecule has 144 valence electrons. The molecule has 3 aromatic rings. The Morgan fingerprint density at radius 2 is 1.89 bits per heavy atom. The summed E-state index contributed by atoms with van der Waals surface area (Å²) < 4.78 is 10.5. The Morgan fingerprint density at radius 3 is 2.64 bits per heavy atom. The molecular formula is C22H23N3O3. The minimum Gasteiger partial charge on any atom is -0.497 e. The van der Waals surface area contributed by atoms with Crippen molar-refractivity contribution >= 4 is 17.3 Å². The van der Waals surface area contributed by atoms with Crippen LogP contribution >= 0.6 is 0 Å². The summed E-state index contributed by atoms with van der Waals surface area (Å²) in [6.45, 7) is 2.71. The lowest BCUT2D eigenvalue weighted by Gasteiger charge is -2.12. The van der Waals surface area contributed by atoms with Crippen LogP contribution in [0.25, 0.3) is 0 Å². The second-order valence-electron chi connectivity index (χ2n) is 6.33. The average molecular weight is 377 g/mol. The zero-order valence-corrected chi connectivity index (χ0v) is 16.2. The second kappa shape index (κ2) is 8.90. The number of aryl methyl sites for hydroxylation is 1. The van der Waals surface area contributed by atoms with Gasteiger partial charge in [0.05, 0.1) is 31.2 Å². The number of amides is 1. The fraction of sp³-hybridized carbons (Fsp3) is 0.182. The van der Waals surface area contributed by atoms with Gasteiger partial charge in [-0.15, -0.1) is 0 Å². The van der Waals surface area contributed by atoms with Crippen molar-refractivity contribution in [2.75, 3.05) is 24.9 Å². The summed E-state index contributed by atoms with van der Waals surface area (Å²) in [6.07, 6.45) is 3.22. The van der Waals surface area contributed by atoms with Crippen molar-refractivity contribution in [1.29, 1.82) is 0 Å². The van der Waals surface area contributed by atoms with Gasteiger partial charge in [-0.2, -0.15) is 0 Å². The van der Waals surface area contributed by atoms with Crippen LogP contribution in [0.1, 0.15) is 21.5 Å². The van der Waals surface area contributed by atoms with Crippen LogP contribution in [0.4, 0.5) is 11.4 Å². The Balaban J connectivity index is 1.72. The molecule has 0 fully saturated rings. The van der Waals surface area contributed by atoms with Crippen molar-refractivity contribution in [1.82, 2.24) is 4.98 Å². The van der Waals surface area contributed by atoms with Gasteiger partial charge in [0.1, 0.15) is 11.5 Å². The lowest BCUT2D eigenvalue weighted by atomic mass is 10.1. The summed E-state index contributed by atoms with van der Waals surface area (Å²) >= 11 is 0. The van der Waals surface area contributed by atoms with Crippen molar-refractivity contribution < 1.29 is 14.3 Å². The number of nitrogens with zero attached hydrogens (tertiary/aromatic N) is 1. The van der Waals surface area contributed by atoms with E-state index in [2.05, 4.69) is 40.7 Å². The van der Waals surface area contributed by atoms with Gasteiger partial charge < -0.3 is 20.1 Å². The average Bonchev–Trinajstić information content (AvgIpc) is 2.72. The molecule has 2 N–H and O–H groups in total. The molecule has 0 unspecified atom stereocenters. The molecule has 28 heavy (non-hydrogen) atoms. The van der Waals surface area contributed by atoms with Crippen molar-refractivity contribution in [3.8, 4) is 11.5 Å². The van der Waals surface area contributed by atoms with Crippen LogP contribution in [0.15, 0.2) is 60.9 Å². The molecule has 6 nitrogen and oxygen atoms in total. The van der Waals surface area contributed by atoms with E-state index in [1.807, 2.05) is 6.07 Å². The fourth-order valence-electron chi connectivity index (χ4n) is 2.79. The van der Waals surface area contributed by atoms with Crippen LogP contribution < -0.4 is 20.1 Å². The van der Waals surface area contributed by atoms with E-state index < -0.39 is 0 Å². The summed E-state index contributed by atoms with van der Waals surface area (Å²) in [5, 5.41) is 6.15. The number of ether oxygens (including phenoxy) is 2. The maximum atomic E-state index is 12.7. The molecule has 0 radical (unpaired) electrons. The van der Waals surface area contributed by atoms with E-state index in [-0.39, 0.29) is 5.91 Å². The van der Waals surface area contributed by atoms with Gasteiger partial charge in [0.2, 0.25) is 0 Å². The lowest BCUT2D eigenvalue weighted by molar-refractivity contribution is 0.102. The molecular weight excluding hydrogens is 354 g/mol. The van der Waals surface area contributed by atoms with E-state index in [0.717, 1.165) is 11.3 Å². The smallest absolute Gasteiger partial charge is 0.257 e. The molecule has 0 spiro atoms. The topological polar surface area (TPSA) is 72.5 Å². The Hall–Kier alpha value is -3.54. The quantitative estimate of drug-likeness (QED) is 0.643. The van der Waals surface area contributed by atoms with Gasteiger partial charge in [0.15, 0.2) is 0 Å². The summed E-state index contributed by atoms with van der Waals surface area (Å²) in [6, 6.07) is 15.2. The van der Waals surface area contributed by atoms with Crippen LogP contribution in [0.5, 0.6) is 11.5 Å². The molecule has 0 aliphatic heterocycles. The van der Waals surface area contributed by atoms with Crippen LogP contribution in [-0.4, -0.2) is 25.1 Å². The van der Waals surface area contributed by atoms with E-state index in [1.165, 1.54) is 11.8 Å². The van der Waals surface area contributed by atoms with Gasteiger partial charge in [-0.05, 0) is 30.7 Å². The number of methoxy groups -OCH3 is 2. The largest absolute Gasteiger partial charge is 0.497 e. The SMILES string of the molecule is COc1ccc(OC)c(NC(=O)c2cncc(NCc3cccc(C)c3)c2)c1. The van der Waals surface area contributed by atoms with Crippen LogP contribution in [0.2, 0.25) is 0 Å². The molecule has 0 saturated carbocycles. The number of carbonyl (C=O) groups excluding carboxylic acids is 1. The highest BCUT2D eigenvalue weighted by Gasteiger charge is 2.12. The van der Waals surface area contributed by atoms with Gasteiger partial charge in [-0.25, -0.2) is 0 Å². The summed E-state index contributed by atoms with van der Waals surface area (Å²) in [5.74, 6) is 0.900. The molecule has 6 heteroatoms. The standard InChI is InChI=1S/C22H23N3O3/c1-15-5-4-6-16(9-15)12-24-18-10-17(13-23-14-18)22(26)25-20-11-19(27-2)7-8-21(20)28-3/h4-11,13-14,24H,12H2,1-3H3,(H,25,26). The highest BCUT2D eigenvalue weighted by Crippen LogP contribution is 2.29. The molecule has 0 aliphatic carbocycles. The van der Waals surface area contributed by atoms with Crippen LogP contribution in [-0.2, 0) is 6.54 Å². The first-order chi connectivity index (χ1) is 13.6. The van der Waals surface area contributed by atoms with E-state index in [9.17, 15) is 4.79 Å². The van der Waals surface area contributed by atoms with Gasteiger partial charge in [-0.1, -0.05) is 29.8 Å². The number of benzene rings is 2. The maximum Gasteiger partial charge on any atom is 0.257 e. The number of pyridine rings is 1. The minimum atomic E-state index is -0.279. The third kappa shape index (κ3) is 4.79. The Kier molecular flexibility index (Phi) is 6.11. The molecule has 1 aromatic heterocycles. The van der Waals surface area contributed by atoms with E-state index >= 15 is 0 Å². The Bertz CT molecular complexity index is 973. The van der Waals surface area contributed by atoms with Crippen LogP contribution in [0.3, 0.4) is 0 Å². The maximum absolute atomic E-state index is 12.7. The molecule has 0 bridgehead atoms. The number of hydrogen-bond acceptors (Lipinski definition) is 5. The highest BCUT2D eigenvalue weighted by atomic mass is 16.5. The van der Waals surface area contributed by atoms with Crippen molar-refractivity contribution in [2.24, 2.45) is 0 Å². The number of aromatic nitrogens is 1. The summed E-state index contributed by atoms with van der Waals surface area (Å²) in [4.78, 5) is 16.9. The summed E-state index contributed by atoms with van der Waals surface area (Å²) in [7, 11) is 3.12. The van der Waals surface area contributed by atoms with Gasteiger partial charge >= 0.3 is 0 Å². The van der Waals surface area contributed by atoms with Crippen molar-refractivity contribution in [3.05, 3.63) is 77.6 Å². The van der Waals surface area contributed by atoms with Crippen LogP contribution in [0, 0.1) is 6.92 Å². The number of carbonyl (C=O) groups is 1. The third-order valence-corrected chi connectivity index (χ3v) is 4.23.